The van der Waals surface area contributed by atoms with Crippen LogP contribution in [0.1, 0.15) is 5.56 Å². The maximum absolute atomic E-state index is 5.67. The molecule has 0 unspecified atom stereocenters. The average Bonchev–Trinajstić information content (AvgIpc) is 2.25. The molecule has 2 N–H and O–H groups in total. The van der Waals surface area contributed by atoms with Crippen molar-refractivity contribution in [3.8, 4) is 11.6 Å². The summed E-state index contributed by atoms with van der Waals surface area (Å²) in [4.78, 5) is 0. The first kappa shape index (κ1) is 9.45. The minimum absolute atomic E-state index is 0.464. The maximum Gasteiger partial charge on any atom is 0.238 e. The average molecular weight is 201 g/mol. The second-order valence-corrected chi connectivity index (χ2v) is 3.19. The largest absolute Gasteiger partial charge is 0.437 e. The summed E-state index contributed by atoms with van der Waals surface area (Å²) in [5, 5.41) is 7.56. The summed E-state index contributed by atoms with van der Waals surface area (Å²) in [5.41, 5.74) is 7.34. The Labute approximate surface area is 87.7 Å². The highest BCUT2D eigenvalue weighted by Crippen LogP contribution is 2.24. The van der Waals surface area contributed by atoms with E-state index in [-0.39, 0.29) is 0 Å². The molecule has 0 radical (unpaired) electrons. The first-order valence-electron chi connectivity index (χ1n) is 4.57. The molecule has 0 saturated carbocycles. The SMILES string of the molecule is Cc1ccc(N)cc1Oc1cccnn1. The van der Waals surface area contributed by atoms with E-state index < -0.39 is 0 Å². The third kappa shape index (κ3) is 2.22. The van der Waals surface area contributed by atoms with Gasteiger partial charge in [0.1, 0.15) is 5.75 Å². The van der Waals surface area contributed by atoms with Crippen LogP contribution >= 0.6 is 0 Å². The Kier molecular flexibility index (Phi) is 2.49. The quantitative estimate of drug-likeness (QED) is 0.756. The summed E-state index contributed by atoms with van der Waals surface area (Å²) in [5.74, 6) is 1.17. The van der Waals surface area contributed by atoms with Crippen molar-refractivity contribution in [3.05, 3.63) is 42.1 Å². The molecule has 0 aliphatic rings. The Morgan fingerprint density at radius 2 is 2.13 bits per heavy atom. The van der Waals surface area contributed by atoms with Crippen molar-refractivity contribution in [1.29, 1.82) is 0 Å². The van der Waals surface area contributed by atoms with Crippen molar-refractivity contribution in [2.24, 2.45) is 0 Å². The minimum atomic E-state index is 0.464. The normalized spacial score (nSPS) is 9.93. The Balaban J connectivity index is 2.28. The van der Waals surface area contributed by atoms with E-state index in [4.69, 9.17) is 10.5 Å². The molecule has 0 atom stereocenters. The Hall–Kier alpha value is -2.10. The van der Waals surface area contributed by atoms with Crippen LogP contribution in [0.25, 0.3) is 0 Å². The van der Waals surface area contributed by atoms with Crippen molar-refractivity contribution < 1.29 is 4.74 Å². The molecule has 0 fully saturated rings. The maximum atomic E-state index is 5.67. The third-order valence-corrected chi connectivity index (χ3v) is 1.97. The molecule has 76 valence electrons. The van der Waals surface area contributed by atoms with E-state index >= 15 is 0 Å². The van der Waals surface area contributed by atoms with Gasteiger partial charge in [-0.2, -0.15) is 5.10 Å². The molecule has 1 heterocycles. The number of benzene rings is 1. The summed E-state index contributed by atoms with van der Waals surface area (Å²) < 4.78 is 5.54. The van der Waals surface area contributed by atoms with Crippen LogP contribution in [-0.4, -0.2) is 10.2 Å². The van der Waals surface area contributed by atoms with Crippen molar-refractivity contribution >= 4 is 5.69 Å². The summed E-state index contributed by atoms with van der Waals surface area (Å²) >= 11 is 0. The third-order valence-electron chi connectivity index (χ3n) is 1.97. The van der Waals surface area contributed by atoms with Crippen LogP contribution in [0.5, 0.6) is 11.6 Å². The zero-order valence-electron chi connectivity index (χ0n) is 8.34. The molecule has 0 aliphatic heterocycles. The number of nitrogens with zero attached hydrogens (tertiary/aromatic N) is 2. The van der Waals surface area contributed by atoms with E-state index in [1.807, 2.05) is 19.1 Å². The first-order valence-corrected chi connectivity index (χ1v) is 4.57. The number of hydrogen-bond donors (Lipinski definition) is 1. The van der Waals surface area contributed by atoms with Gasteiger partial charge in [-0.25, -0.2) is 0 Å². The van der Waals surface area contributed by atoms with Crippen LogP contribution in [0.4, 0.5) is 5.69 Å². The van der Waals surface area contributed by atoms with Crippen molar-refractivity contribution in [2.45, 2.75) is 6.92 Å². The predicted molar refractivity (Wildman–Crippen MR) is 57.7 cm³/mol. The van der Waals surface area contributed by atoms with Crippen LogP contribution in [0.15, 0.2) is 36.5 Å². The molecule has 2 aromatic rings. The number of ether oxygens (including phenoxy) is 1. The summed E-state index contributed by atoms with van der Waals surface area (Å²) in [6, 6.07) is 9.02. The molecule has 15 heavy (non-hydrogen) atoms. The molecule has 4 nitrogen and oxygen atoms in total. The molecule has 0 aliphatic carbocycles. The number of anilines is 1. The van der Waals surface area contributed by atoms with Crippen LogP contribution in [-0.2, 0) is 0 Å². The lowest BCUT2D eigenvalue weighted by Gasteiger charge is -2.07. The number of nitrogens with two attached hydrogens (primary N) is 1. The van der Waals surface area contributed by atoms with Crippen molar-refractivity contribution in [1.82, 2.24) is 10.2 Å². The van der Waals surface area contributed by atoms with E-state index in [9.17, 15) is 0 Å². The standard InChI is InChI=1S/C11H11N3O/c1-8-4-5-9(12)7-10(8)15-11-3-2-6-13-14-11/h2-7H,12H2,1H3. The molecule has 1 aromatic carbocycles. The smallest absolute Gasteiger partial charge is 0.238 e. The molecule has 0 spiro atoms. The predicted octanol–water partition coefficient (Wildman–Crippen LogP) is 2.16. The lowest BCUT2D eigenvalue weighted by molar-refractivity contribution is 0.452. The number of hydrogen-bond acceptors (Lipinski definition) is 4. The molecule has 0 saturated heterocycles. The Bertz CT molecular complexity index is 457. The van der Waals surface area contributed by atoms with E-state index in [1.165, 1.54) is 0 Å². The second kappa shape index (κ2) is 3.96. The number of aromatic nitrogens is 2. The monoisotopic (exact) mass is 201 g/mol. The molecule has 4 heteroatoms. The van der Waals surface area contributed by atoms with Gasteiger partial charge in [-0.15, -0.1) is 5.10 Å². The fourth-order valence-electron chi connectivity index (χ4n) is 1.18. The summed E-state index contributed by atoms with van der Waals surface area (Å²) in [6.07, 6.45) is 1.60. The minimum Gasteiger partial charge on any atom is -0.437 e. The van der Waals surface area contributed by atoms with Gasteiger partial charge < -0.3 is 10.5 Å². The number of aryl methyl sites for hydroxylation is 1. The van der Waals surface area contributed by atoms with Crippen LogP contribution in [0.2, 0.25) is 0 Å². The summed E-state index contributed by atoms with van der Waals surface area (Å²) in [6.45, 7) is 1.95. The van der Waals surface area contributed by atoms with E-state index in [1.54, 1.807) is 24.4 Å². The highest BCUT2D eigenvalue weighted by molar-refractivity contribution is 5.48. The fourth-order valence-corrected chi connectivity index (χ4v) is 1.18. The van der Waals surface area contributed by atoms with Gasteiger partial charge in [0.2, 0.25) is 5.88 Å². The van der Waals surface area contributed by atoms with Crippen LogP contribution < -0.4 is 10.5 Å². The second-order valence-electron chi connectivity index (χ2n) is 3.19. The molecular formula is C11H11N3O. The Morgan fingerprint density at radius 1 is 1.27 bits per heavy atom. The van der Waals surface area contributed by atoms with Gasteiger partial charge in [-0.1, -0.05) is 6.07 Å². The van der Waals surface area contributed by atoms with Crippen LogP contribution in [0, 0.1) is 6.92 Å². The van der Waals surface area contributed by atoms with Gasteiger partial charge in [0.15, 0.2) is 0 Å². The number of nitrogen functional groups attached to an aromatic ring is 1. The molecular weight excluding hydrogens is 190 g/mol. The molecule has 2 rings (SSSR count). The molecule has 0 bridgehead atoms. The van der Waals surface area contributed by atoms with Gasteiger partial charge in [0, 0.05) is 24.0 Å². The van der Waals surface area contributed by atoms with Crippen molar-refractivity contribution in [3.63, 3.8) is 0 Å². The van der Waals surface area contributed by atoms with E-state index in [2.05, 4.69) is 10.2 Å². The van der Waals surface area contributed by atoms with Gasteiger partial charge in [0.05, 0.1) is 0 Å². The van der Waals surface area contributed by atoms with E-state index in [0.717, 1.165) is 5.56 Å². The highest BCUT2D eigenvalue weighted by atomic mass is 16.5. The first-order chi connectivity index (χ1) is 7.25. The van der Waals surface area contributed by atoms with E-state index in [0.29, 0.717) is 17.3 Å². The fraction of sp³-hybridized carbons (Fsp3) is 0.0909. The Morgan fingerprint density at radius 3 is 2.87 bits per heavy atom. The molecule has 0 amide bonds. The van der Waals surface area contributed by atoms with Gasteiger partial charge in [-0.05, 0) is 24.6 Å². The van der Waals surface area contributed by atoms with Gasteiger partial charge in [-0.3, -0.25) is 0 Å². The topological polar surface area (TPSA) is 61.0 Å². The lowest BCUT2D eigenvalue weighted by atomic mass is 10.2. The lowest BCUT2D eigenvalue weighted by Crippen LogP contribution is -1.93. The van der Waals surface area contributed by atoms with Crippen molar-refractivity contribution in [2.75, 3.05) is 5.73 Å². The van der Waals surface area contributed by atoms with Crippen LogP contribution in [0.3, 0.4) is 0 Å². The van der Waals surface area contributed by atoms with Gasteiger partial charge in [0.25, 0.3) is 0 Å². The zero-order chi connectivity index (χ0) is 10.7. The number of rotatable bonds is 2. The molecule has 1 aromatic heterocycles. The zero-order valence-corrected chi connectivity index (χ0v) is 8.34. The highest BCUT2D eigenvalue weighted by Gasteiger charge is 2.02. The van der Waals surface area contributed by atoms with Gasteiger partial charge >= 0.3 is 0 Å². The summed E-state index contributed by atoms with van der Waals surface area (Å²) in [7, 11) is 0.